The van der Waals surface area contributed by atoms with E-state index in [2.05, 4.69) is 4.74 Å². The van der Waals surface area contributed by atoms with Gasteiger partial charge < -0.3 is 4.74 Å². The van der Waals surface area contributed by atoms with Gasteiger partial charge in [-0.05, 0) is 36.2 Å². The van der Waals surface area contributed by atoms with E-state index in [1.54, 1.807) is 12.1 Å². The van der Waals surface area contributed by atoms with Gasteiger partial charge in [-0.25, -0.2) is 0 Å². The Balaban J connectivity index is 2.33. The molecule has 0 bridgehead atoms. The van der Waals surface area contributed by atoms with Gasteiger partial charge in [0, 0.05) is 5.56 Å². The van der Waals surface area contributed by atoms with Crippen molar-refractivity contribution in [2.45, 2.75) is 13.3 Å². The zero-order valence-electron chi connectivity index (χ0n) is 10.6. The number of hydrogen-bond acceptors (Lipinski definition) is 2. The summed E-state index contributed by atoms with van der Waals surface area (Å²) in [5.41, 5.74) is 2.76. The van der Waals surface area contributed by atoms with Crippen LogP contribution in [0.3, 0.4) is 0 Å². The molecule has 2 rings (SSSR count). The Labute approximate surface area is 113 Å². The minimum absolute atomic E-state index is 0.291. The van der Waals surface area contributed by atoms with E-state index in [-0.39, 0.29) is 5.75 Å². The van der Waals surface area contributed by atoms with Crippen LogP contribution >= 0.6 is 0 Å². The highest BCUT2D eigenvalue weighted by molar-refractivity contribution is 5.87. The lowest BCUT2D eigenvalue weighted by molar-refractivity contribution is -0.274. The summed E-state index contributed by atoms with van der Waals surface area (Å²) in [5.74, 6) is -0.291. The molecule has 0 aliphatic rings. The van der Waals surface area contributed by atoms with E-state index < -0.39 is 6.36 Å². The van der Waals surface area contributed by atoms with Crippen LogP contribution in [0.2, 0.25) is 0 Å². The van der Waals surface area contributed by atoms with E-state index in [9.17, 15) is 18.0 Å². The zero-order valence-corrected chi connectivity index (χ0v) is 10.6. The highest BCUT2D eigenvalue weighted by atomic mass is 19.4. The highest BCUT2D eigenvalue weighted by Crippen LogP contribution is 2.28. The Morgan fingerprint density at radius 3 is 2.25 bits per heavy atom. The van der Waals surface area contributed by atoms with Gasteiger partial charge in [0.15, 0.2) is 6.29 Å². The maximum Gasteiger partial charge on any atom is 0.573 e. The number of aryl methyl sites for hydroxylation is 1. The average molecular weight is 280 g/mol. The topological polar surface area (TPSA) is 26.3 Å². The fraction of sp³-hybridized carbons (Fsp3) is 0.133. The molecular formula is C15H11F3O2. The lowest BCUT2D eigenvalue weighted by Gasteiger charge is -2.10. The summed E-state index contributed by atoms with van der Waals surface area (Å²) in [4.78, 5) is 11.0. The summed E-state index contributed by atoms with van der Waals surface area (Å²) in [6.07, 6.45) is -3.98. The van der Waals surface area contributed by atoms with Crippen LogP contribution in [0, 0.1) is 6.92 Å². The molecule has 0 saturated carbocycles. The molecule has 2 nitrogen and oxygen atoms in total. The quantitative estimate of drug-likeness (QED) is 0.780. The lowest BCUT2D eigenvalue weighted by Crippen LogP contribution is -2.16. The largest absolute Gasteiger partial charge is 0.573 e. The molecule has 0 aromatic heterocycles. The van der Waals surface area contributed by atoms with Crippen LogP contribution in [-0.2, 0) is 0 Å². The van der Waals surface area contributed by atoms with Gasteiger partial charge in [-0.1, -0.05) is 29.8 Å². The molecular weight excluding hydrogens is 269 g/mol. The fourth-order valence-corrected chi connectivity index (χ4v) is 1.88. The summed E-state index contributed by atoms with van der Waals surface area (Å²) in [6, 6.07) is 10.7. The molecule has 2 aromatic carbocycles. The molecule has 0 unspecified atom stereocenters. The average Bonchev–Trinajstić information content (AvgIpc) is 2.38. The minimum Gasteiger partial charge on any atom is -0.406 e. The second kappa shape index (κ2) is 5.36. The van der Waals surface area contributed by atoms with Crippen LogP contribution in [0.4, 0.5) is 13.2 Å². The van der Waals surface area contributed by atoms with Crippen molar-refractivity contribution in [1.82, 2.24) is 0 Å². The van der Waals surface area contributed by atoms with Gasteiger partial charge in [0.1, 0.15) is 5.75 Å². The smallest absolute Gasteiger partial charge is 0.406 e. The van der Waals surface area contributed by atoms with Gasteiger partial charge in [-0.3, -0.25) is 4.79 Å². The molecule has 0 heterocycles. The Hall–Kier alpha value is -2.30. The number of hydrogen-bond donors (Lipinski definition) is 0. The SMILES string of the molecule is Cc1ccc(-c2ccc(OC(F)(F)F)cc2)c(C=O)c1. The number of aldehydes is 1. The molecule has 0 amide bonds. The normalized spacial score (nSPS) is 11.2. The molecule has 0 spiro atoms. The Morgan fingerprint density at radius 2 is 1.70 bits per heavy atom. The maximum atomic E-state index is 12.1. The number of benzene rings is 2. The Bertz CT molecular complexity index is 616. The number of halogens is 3. The molecule has 20 heavy (non-hydrogen) atoms. The summed E-state index contributed by atoms with van der Waals surface area (Å²) < 4.78 is 40.0. The van der Waals surface area contributed by atoms with Crippen LogP contribution < -0.4 is 4.74 Å². The van der Waals surface area contributed by atoms with Crippen molar-refractivity contribution in [3.63, 3.8) is 0 Å². The second-order valence-electron chi connectivity index (χ2n) is 4.28. The van der Waals surface area contributed by atoms with Gasteiger partial charge in [-0.15, -0.1) is 13.2 Å². The lowest BCUT2D eigenvalue weighted by atomic mass is 9.98. The van der Waals surface area contributed by atoms with Gasteiger partial charge >= 0.3 is 6.36 Å². The summed E-state index contributed by atoms with van der Waals surface area (Å²) in [6.45, 7) is 1.86. The third-order valence-corrected chi connectivity index (χ3v) is 2.73. The molecule has 104 valence electrons. The van der Waals surface area contributed by atoms with E-state index in [0.29, 0.717) is 16.7 Å². The Kier molecular flexibility index (Phi) is 3.79. The van der Waals surface area contributed by atoms with Crippen molar-refractivity contribution in [2.24, 2.45) is 0 Å². The van der Waals surface area contributed by atoms with Crippen LogP contribution in [0.25, 0.3) is 11.1 Å². The third kappa shape index (κ3) is 3.38. The van der Waals surface area contributed by atoms with Gasteiger partial charge in [-0.2, -0.15) is 0 Å². The molecule has 0 N–H and O–H groups in total. The number of ether oxygens (including phenoxy) is 1. The fourth-order valence-electron chi connectivity index (χ4n) is 1.88. The van der Waals surface area contributed by atoms with E-state index in [0.717, 1.165) is 11.8 Å². The van der Waals surface area contributed by atoms with Gasteiger partial charge in [0.25, 0.3) is 0 Å². The van der Waals surface area contributed by atoms with Crippen LogP contribution in [-0.4, -0.2) is 12.6 Å². The van der Waals surface area contributed by atoms with Crippen molar-refractivity contribution in [2.75, 3.05) is 0 Å². The second-order valence-corrected chi connectivity index (χ2v) is 4.28. The van der Waals surface area contributed by atoms with Crippen LogP contribution in [0.5, 0.6) is 5.75 Å². The number of rotatable bonds is 3. The molecule has 0 aliphatic heterocycles. The molecule has 0 radical (unpaired) electrons. The van der Waals surface area contributed by atoms with E-state index >= 15 is 0 Å². The van der Waals surface area contributed by atoms with Crippen molar-refractivity contribution in [1.29, 1.82) is 0 Å². The maximum absolute atomic E-state index is 12.1. The van der Waals surface area contributed by atoms with E-state index in [1.807, 2.05) is 13.0 Å². The Morgan fingerprint density at radius 1 is 1.05 bits per heavy atom. The standard InChI is InChI=1S/C15H11F3O2/c1-10-2-7-14(12(8-10)9-19)11-3-5-13(6-4-11)20-15(16,17)18/h2-9H,1H3. The summed E-state index contributed by atoms with van der Waals surface area (Å²) in [5, 5.41) is 0. The van der Waals surface area contributed by atoms with Crippen molar-refractivity contribution >= 4 is 6.29 Å². The third-order valence-electron chi connectivity index (χ3n) is 2.73. The number of carbonyl (C=O) groups is 1. The monoisotopic (exact) mass is 280 g/mol. The molecule has 0 saturated heterocycles. The van der Waals surface area contributed by atoms with E-state index in [4.69, 9.17) is 0 Å². The first-order valence-electron chi connectivity index (χ1n) is 5.81. The molecule has 0 aliphatic carbocycles. The molecule has 0 atom stereocenters. The van der Waals surface area contributed by atoms with E-state index in [1.165, 1.54) is 24.3 Å². The number of carbonyl (C=O) groups excluding carboxylic acids is 1. The van der Waals surface area contributed by atoms with Crippen molar-refractivity contribution < 1.29 is 22.7 Å². The summed E-state index contributed by atoms with van der Waals surface area (Å²) >= 11 is 0. The van der Waals surface area contributed by atoms with Crippen LogP contribution in [0.1, 0.15) is 15.9 Å². The van der Waals surface area contributed by atoms with Gasteiger partial charge in [0.2, 0.25) is 0 Å². The molecule has 5 heteroatoms. The molecule has 0 fully saturated rings. The summed E-state index contributed by atoms with van der Waals surface area (Å²) in [7, 11) is 0. The predicted octanol–water partition coefficient (Wildman–Crippen LogP) is 4.37. The predicted molar refractivity (Wildman–Crippen MR) is 68.7 cm³/mol. The first-order valence-corrected chi connectivity index (χ1v) is 5.81. The first-order chi connectivity index (χ1) is 9.39. The van der Waals surface area contributed by atoms with Crippen molar-refractivity contribution in [3.05, 3.63) is 53.6 Å². The van der Waals surface area contributed by atoms with Crippen LogP contribution in [0.15, 0.2) is 42.5 Å². The first kappa shape index (κ1) is 14.1. The van der Waals surface area contributed by atoms with Crippen molar-refractivity contribution in [3.8, 4) is 16.9 Å². The van der Waals surface area contributed by atoms with Gasteiger partial charge in [0.05, 0.1) is 0 Å². The molecule has 2 aromatic rings. The zero-order chi connectivity index (χ0) is 14.8. The minimum atomic E-state index is -4.71. The highest BCUT2D eigenvalue weighted by Gasteiger charge is 2.30. The number of alkyl halides is 3.